The molecule has 0 spiro atoms. The monoisotopic (exact) mass is 341 g/mol. The highest BCUT2D eigenvalue weighted by Gasteiger charge is 2.32. The van der Waals surface area contributed by atoms with Gasteiger partial charge in [0.05, 0.1) is 13.2 Å². The molecule has 0 aliphatic carbocycles. The zero-order valence-corrected chi connectivity index (χ0v) is 13.4. The van der Waals surface area contributed by atoms with Gasteiger partial charge in [-0.2, -0.15) is 0 Å². The van der Waals surface area contributed by atoms with Gasteiger partial charge in [0.1, 0.15) is 0 Å². The van der Waals surface area contributed by atoms with Gasteiger partial charge in [0, 0.05) is 23.0 Å². The second-order valence-electron chi connectivity index (χ2n) is 5.36. The fourth-order valence-corrected chi connectivity index (χ4v) is 2.78. The Labute approximate surface area is 128 Å². The number of halogens is 1. The molecule has 1 fully saturated rings. The minimum Gasteiger partial charge on any atom is -0.352 e. The molecular weight excluding hydrogens is 322 g/mol. The molecule has 4 nitrogen and oxygen atoms in total. The molecule has 1 aromatic rings. The first kappa shape index (κ1) is 15.5. The number of carbonyl (C=O) groups excluding carboxylic acids is 1. The molecule has 2 rings (SSSR count). The van der Waals surface area contributed by atoms with Crippen LogP contribution in [0.15, 0.2) is 28.7 Å². The summed E-state index contributed by atoms with van der Waals surface area (Å²) in [5, 5.41) is 2.95. The molecule has 1 unspecified atom stereocenters. The largest absolute Gasteiger partial charge is 0.352 e. The summed E-state index contributed by atoms with van der Waals surface area (Å²) in [6.07, 6.45) is 0.770. The number of carbonyl (C=O) groups is 1. The summed E-state index contributed by atoms with van der Waals surface area (Å²) in [6, 6.07) is 7.36. The van der Waals surface area contributed by atoms with Gasteiger partial charge in [-0.15, -0.1) is 0 Å². The van der Waals surface area contributed by atoms with Crippen LogP contribution in [0.5, 0.6) is 0 Å². The number of rotatable bonds is 5. The van der Waals surface area contributed by atoms with E-state index in [1.165, 1.54) is 0 Å². The number of ether oxygens (including phenoxy) is 2. The zero-order chi connectivity index (χ0) is 14.6. The number of benzene rings is 1. The summed E-state index contributed by atoms with van der Waals surface area (Å²) in [6.45, 7) is 5.93. The van der Waals surface area contributed by atoms with Crippen molar-refractivity contribution in [2.45, 2.75) is 26.1 Å². The molecule has 1 aliphatic rings. The fourth-order valence-electron chi connectivity index (χ4n) is 2.38. The highest BCUT2D eigenvalue weighted by Crippen LogP contribution is 2.26. The Kier molecular flexibility index (Phi) is 5.18. The Morgan fingerprint density at radius 2 is 2.15 bits per heavy atom. The van der Waals surface area contributed by atoms with E-state index in [9.17, 15) is 4.79 Å². The average Bonchev–Trinajstić information content (AvgIpc) is 2.82. The summed E-state index contributed by atoms with van der Waals surface area (Å²) in [7, 11) is 0. The van der Waals surface area contributed by atoms with Crippen molar-refractivity contribution in [1.82, 2.24) is 5.32 Å². The number of hydrogen-bond donors (Lipinski definition) is 1. The van der Waals surface area contributed by atoms with Crippen molar-refractivity contribution in [3.8, 4) is 0 Å². The second kappa shape index (κ2) is 6.70. The molecule has 0 aromatic heterocycles. The average molecular weight is 342 g/mol. The minimum atomic E-state index is -0.500. The van der Waals surface area contributed by atoms with E-state index >= 15 is 0 Å². The lowest BCUT2D eigenvalue weighted by Crippen LogP contribution is -2.34. The molecule has 110 valence electrons. The van der Waals surface area contributed by atoms with Crippen LogP contribution in [0.3, 0.4) is 0 Å². The molecule has 1 amide bonds. The van der Waals surface area contributed by atoms with Gasteiger partial charge < -0.3 is 14.8 Å². The molecule has 0 radical (unpaired) electrons. The van der Waals surface area contributed by atoms with Crippen LogP contribution in [0.2, 0.25) is 0 Å². The molecule has 0 saturated carbocycles. The molecule has 20 heavy (non-hydrogen) atoms. The van der Waals surface area contributed by atoms with Gasteiger partial charge in [-0.05, 0) is 31.0 Å². The van der Waals surface area contributed by atoms with Crippen molar-refractivity contribution in [1.29, 1.82) is 0 Å². The first-order valence-electron chi connectivity index (χ1n) is 6.80. The Balaban J connectivity index is 1.81. The molecule has 1 atom stereocenters. The normalized spacial score (nSPS) is 18.8. The maximum absolute atomic E-state index is 12.0. The lowest BCUT2D eigenvalue weighted by Gasteiger charge is -2.26. The van der Waals surface area contributed by atoms with E-state index in [4.69, 9.17) is 9.47 Å². The van der Waals surface area contributed by atoms with Gasteiger partial charge in [0.25, 0.3) is 5.91 Å². The third kappa shape index (κ3) is 4.30. The van der Waals surface area contributed by atoms with Gasteiger partial charge >= 0.3 is 0 Å². The number of amides is 1. The smallest absolute Gasteiger partial charge is 0.251 e. The van der Waals surface area contributed by atoms with Crippen molar-refractivity contribution < 1.29 is 14.3 Å². The van der Waals surface area contributed by atoms with Crippen LogP contribution in [0.1, 0.15) is 30.6 Å². The van der Waals surface area contributed by atoms with Gasteiger partial charge in [-0.25, -0.2) is 0 Å². The first-order chi connectivity index (χ1) is 9.48. The van der Waals surface area contributed by atoms with E-state index in [1.807, 2.05) is 25.1 Å². The van der Waals surface area contributed by atoms with E-state index in [2.05, 4.69) is 28.2 Å². The quantitative estimate of drug-likeness (QED) is 0.895. The van der Waals surface area contributed by atoms with Gasteiger partial charge in [-0.1, -0.05) is 28.9 Å². The SMILES string of the molecule is CC(CNC(=O)c1cccc(Br)c1)CC1(C)OCCO1. The number of hydrogen-bond acceptors (Lipinski definition) is 3. The Bertz CT molecular complexity index is 472. The minimum absolute atomic E-state index is 0.0587. The van der Waals surface area contributed by atoms with Gasteiger partial charge in [0.2, 0.25) is 0 Å². The van der Waals surface area contributed by atoms with E-state index in [0.29, 0.717) is 25.3 Å². The second-order valence-corrected chi connectivity index (χ2v) is 6.28. The van der Waals surface area contributed by atoms with Crippen LogP contribution in [0, 0.1) is 5.92 Å². The Morgan fingerprint density at radius 1 is 1.45 bits per heavy atom. The maximum Gasteiger partial charge on any atom is 0.251 e. The molecule has 1 saturated heterocycles. The van der Waals surface area contributed by atoms with E-state index in [1.54, 1.807) is 6.07 Å². The van der Waals surface area contributed by atoms with Gasteiger partial charge in [-0.3, -0.25) is 4.79 Å². The first-order valence-corrected chi connectivity index (χ1v) is 7.59. The molecular formula is C15H20BrNO3. The molecule has 1 N–H and O–H groups in total. The van der Waals surface area contributed by atoms with Crippen LogP contribution < -0.4 is 5.32 Å². The van der Waals surface area contributed by atoms with Crippen LogP contribution in [0.4, 0.5) is 0 Å². The Morgan fingerprint density at radius 3 is 2.80 bits per heavy atom. The van der Waals surface area contributed by atoms with Crippen LogP contribution >= 0.6 is 15.9 Å². The summed E-state index contributed by atoms with van der Waals surface area (Å²) in [5.74, 6) is -0.273. The van der Waals surface area contributed by atoms with Crippen LogP contribution in [-0.4, -0.2) is 31.5 Å². The van der Waals surface area contributed by atoms with Crippen molar-refractivity contribution in [2.24, 2.45) is 5.92 Å². The lowest BCUT2D eigenvalue weighted by molar-refractivity contribution is -0.153. The lowest BCUT2D eigenvalue weighted by atomic mass is 10.0. The number of nitrogens with one attached hydrogen (secondary N) is 1. The van der Waals surface area contributed by atoms with Crippen molar-refractivity contribution >= 4 is 21.8 Å². The summed E-state index contributed by atoms with van der Waals surface area (Å²) >= 11 is 3.36. The van der Waals surface area contributed by atoms with Crippen molar-refractivity contribution in [3.63, 3.8) is 0 Å². The van der Waals surface area contributed by atoms with Gasteiger partial charge in [0.15, 0.2) is 5.79 Å². The maximum atomic E-state index is 12.0. The third-order valence-corrected chi connectivity index (χ3v) is 3.81. The molecule has 0 bridgehead atoms. The van der Waals surface area contributed by atoms with E-state index < -0.39 is 5.79 Å². The summed E-state index contributed by atoms with van der Waals surface area (Å²) < 4.78 is 12.1. The third-order valence-electron chi connectivity index (χ3n) is 3.32. The molecule has 1 aromatic carbocycles. The summed E-state index contributed by atoms with van der Waals surface area (Å²) in [4.78, 5) is 12.0. The highest BCUT2D eigenvalue weighted by atomic mass is 79.9. The zero-order valence-electron chi connectivity index (χ0n) is 11.8. The molecule has 1 heterocycles. The molecule has 1 aliphatic heterocycles. The highest BCUT2D eigenvalue weighted by molar-refractivity contribution is 9.10. The molecule has 5 heteroatoms. The fraction of sp³-hybridized carbons (Fsp3) is 0.533. The van der Waals surface area contributed by atoms with E-state index in [-0.39, 0.29) is 11.8 Å². The standard InChI is InChI=1S/C15H20BrNO3/c1-11(9-15(2)19-6-7-20-15)10-17-14(18)12-4-3-5-13(16)8-12/h3-5,8,11H,6-7,9-10H2,1-2H3,(H,17,18). The topological polar surface area (TPSA) is 47.6 Å². The van der Waals surface area contributed by atoms with Crippen LogP contribution in [-0.2, 0) is 9.47 Å². The van der Waals surface area contributed by atoms with Crippen molar-refractivity contribution in [2.75, 3.05) is 19.8 Å². The van der Waals surface area contributed by atoms with Crippen molar-refractivity contribution in [3.05, 3.63) is 34.3 Å². The predicted octanol–water partition coefficient (Wildman–Crippen LogP) is 2.97. The van der Waals surface area contributed by atoms with E-state index in [0.717, 1.165) is 10.9 Å². The Hall–Kier alpha value is -0.910. The van der Waals surface area contributed by atoms with Crippen LogP contribution in [0.25, 0.3) is 0 Å². The predicted molar refractivity (Wildman–Crippen MR) is 80.6 cm³/mol. The summed E-state index contributed by atoms with van der Waals surface area (Å²) in [5.41, 5.74) is 0.658.